The van der Waals surface area contributed by atoms with E-state index in [0.29, 0.717) is 5.69 Å². The number of nitrogens with zero attached hydrogens (tertiary/aromatic N) is 2. The zero-order valence-electron chi connectivity index (χ0n) is 9.07. The topological polar surface area (TPSA) is 53.1 Å². The van der Waals surface area contributed by atoms with Crippen LogP contribution in [0.2, 0.25) is 0 Å². The van der Waals surface area contributed by atoms with Gasteiger partial charge in [-0.15, -0.1) is 5.10 Å². The summed E-state index contributed by atoms with van der Waals surface area (Å²) in [7, 11) is 1.72. The number of nitrogen functional groups attached to an aromatic ring is 1. The molecule has 0 unspecified atom stereocenters. The van der Waals surface area contributed by atoms with Crippen LogP contribution in [0, 0.1) is 12.7 Å². The maximum absolute atomic E-state index is 13.4. The molecule has 0 aliphatic heterocycles. The lowest BCUT2D eigenvalue weighted by molar-refractivity contribution is 0.422. The summed E-state index contributed by atoms with van der Waals surface area (Å²) in [5, 5.41) is 3.98. The summed E-state index contributed by atoms with van der Waals surface area (Å²) in [6.07, 6.45) is 1.60. The van der Waals surface area contributed by atoms with Crippen LogP contribution in [0.15, 0.2) is 24.4 Å². The van der Waals surface area contributed by atoms with E-state index < -0.39 is 5.82 Å². The Kier molecular flexibility index (Phi) is 2.52. The van der Waals surface area contributed by atoms with Crippen molar-refractivity contribution in [2.45, 2.75) is 6.92 Å². The second-order valence-corrected chi connectivity index (χ2v) is 3.60. The number of benzene rings is 1. The Labute approximate surface area is 92.4 Å². The minimum Gasteiger partial charge on any atom is -0.433 e. The zero-order valence-corrected chi connectivity index (χ0v) is 9.07. The van der Waals surface area contributed by atoms with Crippen LogP contribution in [0.5, 0.6) is 11.6 Å². The van der Waals surface area contributed by atoms with E-state index in [2.05, 4.69) is 5.10 Å². The summed E-state index contributed by atoms with van der Waals surface area (Å²) in [4.78, 5) is 0. The minimum absolute atomic E-state index is 0.130. The molecule has 0 aliphatic carbocycles. The molecule has 1 aromatic heterocycles. The molecule has 0 bridgehead atoms. The van der Waals surface area contributed by atoms with Crippen molar-refractivity contribution in [2.24, 2.45) is 7.05 Å². The van der Waals surface area contributed by atoms with E-state index in [4.69, 9.17) is 10.5 Å². The molecule has 2 N–H and O–H groups in total. The molecule has 0 spiro atoms. The molecule has 1 heterocycles. The normalized spacial score (nSPS) is 10.4. The molecule has 0 radical (unpaired) electrons. The van der Waals surface area contributed by atoms with Gasteiger partial charge in [-0.25, -0.2) is 4.39 Å². The summed E-state index contributed by atoms with van der Waals surface area (Å²) >= 11 is 0. The van der Waals surface area contributed by atoms with Crippen LogP contribution in [-0.2, 0) is 7.05 Å². The van der Waals surface area contributed by atoms with Crippen LogP contribution in [0.1, 0.15) is 5.56 Å². The van der Waals surface area contributed by atoms with Crippen LogP contribution >= 0.6 is 0 Å². The van der Waals surface area contributed by atoms with Crippen LogP contribution in [0.25, 0.3) is 0 Å². The van der Waals surface area contributed by atoms with E-state index in [1.165, 1.54) is 10.7 Å². The first-order valence-corrected chi connectivity index (χ1v) is 4.79. The molecule has 0 saturated carbocycles. The number of hydrogen-bond acceptors (Lipinski definition) is 3. The minimum atomic E-state index is -0.435. The van der Waals surface area contributed by atoms with Gasteiger partial charge in [0.05, 0.1) is 6.20 Å². The van der Waals surface area contributed by atoms with Crippen molar-refractivity contribution in [3.05, 3.63) is 35.8 Å². The van der Waals surface area contributed by atoms with Gasteiger partial charge >= 0.3 is 0 Å². The van der Waals surface area contributed by atoms with Gasteiger partial charge in [-0.2, -0.15) is 0 Å². The maximum Gasteiger partial charge on any atom is 0.261 e. The number of hydrogen-bond donors (Lipinski definition) is 1. The fourth-order valence-electron chi connectivity index (χ4n) is 1.36. The third-order valence-corrected chi connectivity index (χ3v) is 2.11. The smallest absolute Gasteiger partial charge is 0.261 e. The molecule has 84 valence electrons. The van der Waals surface area contributed by atoms with E-state index in [1.807, 2.05) is 6.92 Å². The van der Waals surface area contributed by atoms with Crippen LogP contribution in [-0.4, -0.2) is 9.78 Å². The van der Waals surface area contributed by atoms with Gasteiger partial charge < -0.3 is 10.5 Å². The van der Waals surface area contributed by atoms with E-state index >= 15 is 0 Å². The van der Waals surface area contributed by atoms with Crippen molar-refractivity contribution in [3.8, 4) is 11.6 Å². The van der Waals surface area contributed by atoms with Gasteiger partial charge in [-0.05, 0) is 24.6 Å². The monoisotopic (exact) mass is 221 g/mol. The first kappa shape index (κ1) is 10.5. The largest absolute Gasteiger partial charge is 0.433 e. The number of aryl methyl sites for hydroxylation is 2. The Morgan fingerprint density at radius 2 is 2.19 bits per heavy atom. The van der Waals surface area contributed by atoms with Crippen molar-refractivity contribution in [1.29, 1.82) is 0 Å². The molecule has 5 heteroatoms. The second kappa shape index (κ2) is 3.84. The standard InChI is InChI=1S/C11H12FN3O/c1-7-3-4-8(12)10(5-7)16-11-9(13)6-15(2)14-11/h3-6H,13H2,1-2H3. The molecule has 1 aromatic carbocycles. The number of anilines is 1. The Morgan fingerprint density at radius 3 is 2.81 bits per heavy atom. The molecule has 0 saturated heterocycles. The van der Waals surface area contributed by atoms with Gasteiger partial charge in [0, 0.05) is 7.05 Å². The number of halogens is 1. The lowest BCUT2D eigenvalue weighted by Crippen LogP contribution is -1.93. The predicted molar refractivity (Wildman–Crippen MR) is 58.8 cm³/mol. The molecular weight excluding hydrogens is 209 g/mol. The summed E-state index contributed by atoms with van der Waals surface area (Å²) in [6.45, 7) is 1.86. The summed E-state index contributed by atoms with van der Waals surface area (Å²) in [6, 6.07) is 4.62. The Hall–Kier alpha value is -2.04. The number of nitrogens with two attached hydrogens (primary N) is 1. The highest BCUT2D eigenvalue weighted by molar-refractivity contribution is 5.48. The van der Waals surface area contributed by atoms with Crippen LogP contribution < -0.4 is 10.5 Å². The average molecular weight is 221 g/mol. The summed E-state index contributed by atoms with van der Waals surface area (Å²) < 4.78 is 20.2. The maximum atomic E-state index is 13.4. The van der Waals surface area contributed by atoms with Crippen molar-refractivity contribution in [2.75, 3.05) is 5.73 Å². The first-order valence-electron chi connectivity index (χ1n) is 4.79. The molecule has 2 aromatic rings. The second-order valence-electron chi connectivity index (χ2n) is 3.60. The molecule has 0 amide bonds. The lowest BCUT2D eigenvalue weighted by atomic mass is 10.2. The number of rotatable bonds is 2. The third-order valence-electron chi connectivity index (χ3n) is 2.11. The molecule has 0 aliphatic rings. The first-order chi connectivity index (χ1) is 7.56. The van der Waals surface area contributed by atoms with Crippen molar-refractivity contribution in [3.63, 3.8) is 0 Å². The molecule has 0 atom stereocenters. The van der Waals surface area contributed by atoms with Gasteiger partial charge in [0.1, 0.15) is 5.69 Å². The molecule has 2 rings (SSSR count). The number of ether oxygens (including phenoxy) is 1. The third kappa shape index (κ3) is 1.98. The highest BCUT2D eigenvalue weighted by Crippen LogP contribution is 2.27. The van der Waals surface area contributed by atoms with Gasteiger partial charge in [0.15, 0.2) is 11.6 Å². The molecule has 4 nitrogen and oxygen atoms in total. The Bertz CT molecular complexity index is 522. The number of aromatic nitrogens is 2. The lowest BCUT2D eigenvalue weighted by Gasteiger charge is -2.05. The Balaban J connectivity index is 2.33. The summed E-state index contributed by atoms with van der Waals surface area (Å²) in [5.74, 6) is -0.0898. The quantitative estimate of drug-likeness (QED) is 0.846. The van der Waals surface area contributed by atoms with E-state index in [9.17, 15) is 4.39 Å². The average Bonchev–Trinajstić information content (AvgIpc) is 2.51. The van der Waals surface area contributed by atoms with Crippen molar-refractivity contribution in [1.82, 2.24) is 9.78 Å². The zero-order chi connectivity index (χ0) is 11.7. The Morgan fingerprint density at radius 1 is 1.44 bits per heavy atom. The van der Waals surface area contributed by atoms with Crippen LogP contribution in [0.4, 0.5) is 10.1 Å². The van der Waals surface area contributed by atoms with Gasteiger partial charge in [-0.3, -0.25) is 4.68 Å². The van der Waals surface area contributed by atoms with E-state index in [0.717, 1.165) is 5.56 Å². The van der Waals surface area contributed by atoms with Crippen LogP contribution in [0.3, 0.4) is 0 Å². The summed E-state index contributed by atoms with van der Waals surface area (Å²) in [5.41, 5.74) is 6.93. The van der Waals surface area contributed by atoms with E-state index in [-0.39, 0.29) is 11.6 Å². The fraction of sp³-hybridized carbons (Fsp3) is 0.182. The van der Waals surface area contributed by atoms with Gasteiger partial charge in [0.25, 0.3) is 5.88 Å². The fourth-order valence-corrected chi connectivity index (χ4v) is 1.36. The molecular formula is C11H12FN3O. The van der Waals surface area contributed by atoms with Crippen molar-refractivity contribution >= 4 is 5.69 Å². The molecule has 16 heavy (non-hydrogen) atoms. The van der Waals surface area contributed by atoms with Gasteiger partial charge in [-0.1, -0.05) is 6.07 Å². The van der Waals surface area contributed by atoms with Gasteiger partial charge in [0.2, 0.25) is 0 Å². The molecule has 0 fully saturated rings. The predicted octanol–water partition coefficient (Wildman–Crippen LogP) is 2.24. The van der Waals surface area contributed by atoms with Crippen molar-refractivity contribution < 1.29 is 9.13 Å². The van der Waals surface area contributed by atoms with E-state index in [1.54, 1.807) is 25.4 Å². The SMILES string of the molecule is Cc1ccc(F)c(Oc2nn(C)cc2N)c1. The highest BCUT2D eigenvalue weighted by Gasteiger charge is 2.10. The highest BCUT2D eigenvalue weighted by atomic mass is 19.1.